The monoisotopic (exact) mass is 364 g/mol. The molecule has 2 saturated heterocycles. The number of benzene rings is 1. The number of piperidine rings is 2. The Morgan fingerprint density at radius 1 is 1.16 bits per heavy atom. The van der Waals surface area contributed by atoms with Crippen LogP contribution in [0.2, 0.25) is 0 Å². The summed E-state index contributed by atoms with van der Waals surface area (Å²) in [6, 6.07) is 7.67. The molecule has 5 nitrogen and oxygen atoms in total. The predicted molar refractivity (Wildman–Crippen MR) is 98.5 cm³/mol. The van der Waals surface area contributed by atoms with Crippen LogP contribution in [0.5, 0.6) is 0 Å². The van der Waals surface area contributed by atoms with Crippen LogP contribution < -0.4 is 0 Å². The van der Waals surface area contributed by atoms with E-state index in [4.69, 9.17) is 0 Å². The van der Waals surface area contributed by atoms with Gasteiger partial charge < -0.3 is 4.90 Å². The Kier molecular flexibility index (Phi) is 5.21. The highest BCUT2D eigenvalue weighted by atomic mass is 32.2. The van der Waals surface area contributed by atoms with Gasteiger partial charge in [-0.15, -0.1) is 0 Å². The Bertz CT molecular complexity index is 747. The Morgan fingerprint density at radius 2 is 1.92 bits per heavy atom. The minimum atomic E-state index is -3.34. The summed E-state index contributed by atoms with van der Waals surface area (Å²) in [5, 5.41) is 0. The fraction of sp³-hybridized carbons (Fsp3) is 0.632. The van der Waals surface area contributed by atoms with E-state index in [-0.39, 0.29) is 17.1 Å². The van der Waals surface area contributed by atoms with Gasteiger partial charge in [0.1, 0.15) is 0 Å². The first-order valence-corrected chi connectivity index (χ1v) is 10.8. The first-order chi connectivity index (χ1) is 11.9. The van der Waals surface area contributed by atoms with Gasteiger partial charge in [0.05, 0.1) is 5.75 Å². The van der Waals surface area contributed by atoms with E-state index >= 15 is 0 Å². The fourth-order valence-electron chi connectivity index (χ4n) is 4.18. The smallest absolute Gasteiger partial charge is 0.222 e. The van der Waals surface area contributed by atoms with E-state index in [1.807, 2.05) is 43.0 Å². The quantitative estimate of drug-likeness (QED) is 0.825. The largest absolute Gasteiger partial charge is 0.342 e. The fourth-order valence-corrected chi connectivity index (χ4v) is 5.96. The summed E-state index contributed by atoms with van der Waals surface area (Å²) in [7, 11) is -3.34. The molecule has 2 fully saturated rings. The number of rotatable bonds is 4. The maximum Gasteiger partial charge on any atom is 0.222 e. The van der Waals surface area contributed by atoms with Gasteiger partial charge in [-0.2, -0.15) is 0 Å². The van der Waals surface area contributed by atoms with Crippen molar-refractivity contribution in [1.82, 2.24) is 9.21 Å². The van der Waals surface area contributed by atoms with Crippen LogP contribution in [0, 0.1) is 12.3 Å². The molecule has 2 aliphatic heterocycles. The van der Waals surface area contributed by atoms with Gasteiger partial charge in [0, 0.05) is 38.0 Å². The summed E-state index contributed by atoms with van der Waals surface area (Å²) in [5.74, 6) is 0.264. The lowest BCUT2D eigenvalue weighted by Gasteiger charge is -2.47. The summed E-state index contributed by atoms with van der Waals surface area (Å²) < 4.78 is 27.7. The summed E-state index contributed by atoms with van der Waals surface area (Å²) in [5.41, 5.74) is 1.82. The van der Waals surface area contributed by atoms with Crippen molar-refractivity contribution in [3.8, 4) is 0 Å². The SMILES string of the molecule is CCN1CC2(CCCN(S(=O)(=O)Cc3ccccc3C)C2)CCC1=O. The molecule has 25 heavy (non-hydrogen) atoms. The average molecular weight is 365 g/mol. The molecule has 1 aromatic carbocycles. The summed E-state index contributed by atoms with van der Waals surface area (Å²) in [4.78, 5) is 13.9. The number of hydrogen-bond donors (Lipinski definition) is 0. The molecule has 3 rings (SSSR count). The van der Waals surface area contributed by atoms with E-state index < -0.39 is 10.0 Å². The van der Waals surface area contributed by atoms with Crippen molar-refractivity contribution in [3.63, 3.8) is 0 Å². The molecule has 2 aliphatic rings. The first-order valence-electron chi connectivity index (χ1n) is 9.15. The second kappa shape index (κ2) is 7.08. The lowest BCUT2D eigenvalue weighted by atomic mass is 9.74. The summed E-state index contributed by atoms with van der Waals surface area (Å²) in [6.07, 6.45) is 3.23. The van der Waals surface area contributed by atoms with Gasteiger partial charge in [-0.1, -0.05) is 24.3 Å². The first kappa shape index (κ1) is 18.4. The molecule has 0 radical (unpaired) electrons. The predicted octanol–water partition coefficient (Wildman–Crippen LogP) is 2.55. The van der Waals surface area contributed by atoms with Gasteiger partial charge in [0.25, 0.3) is 0 Å². The molecular weight excluding hydrogens is 336 g/mol. The van der Waals surface area contributed by atoms with Gasteiger partial charge in [-0.05, 0) is 44.2 Å². The van der Waals surface area contributed by atoms with E-state index in [0.29, 0.717) is 32.6 Å². The highest BCUT2D eigenvalue weighted by Crippen LogP contribution is 2.39. The van der Waals surface area contributed by atoms with Crippen molar-refractivity contribution >= 4 is 15.9 Å². The van der Waals surface area contributed by atoms with Crippen LogP contribution in [-0.2, 0) is 20.6 Å². The van der Waals surface area contributed by atoms with Crippen LogP contribution in [0.25, 0.3) is 0 Å². The van der Waals surface area contributed by atoms with E-state index in [1.54, 1.807) is 4.31 Å². The molecule has 6 heteroatoms. The average Bonchev–Trinajstić information content (AvgIpc) is 2.59. The summed E-state index contributed by atoms with van der Waals surface area (Å²) >= 11 is 0. The van der Waals surface area contributed by atoms with Crippen molar-refractivity contribution in [2.75, 3.05) is 26.2 Å². The highest BCUT2D eigenvalue weighted by Gasteiger charge is 2.43. The molecule has 1 spiro atoms. The second-order valence-electron chi connectivity index (χ2n) is 7.53. The van der Waals surface area contributed by atoms with Crippen molar-refractivity contribution in [2.45, 2.75) is 45.3 Å². The maximum atomic E-state index is 13.0. The third-order valence-electron chi connectivity index (χ3n) is 5.75. The minimum Gasteiger partial charge on any atom is -0.342 e. The number of amides is 1. The number of carbonyl (C=O) groups is 1. The number of sulfonamides is 1. The van der Waals surface area contributed by atoms with Crippen molar-refractivity contribution < 1.29 is 13.2 Å². The van der Waals surface area contributed by atoms with Gasteiger partial charge in [-0.3, -0.25) is 4.79 Å². The van der Waals surface area contributed by atoms with Crippen molar-refractivity contribution in [2.24, 2.45) is 5.41 Å². The minimum absolute atomic E-state index is 0.0617. The Hall–Kier alpha value is -1.40. The zero-order chi connectivity index (χ0) is 18.1. The molecule has 1 amide bonds. The molecule has 1 atom stereocenters. The van der Waals surface area contributed by atoms with E-state index in [1.165, 1.54) is 0 Å². The normalized spacial score (nSPS) is 25.5. The molecule has 0 aliphatic carbocycles. The number of aryl methyl sites for hydroxylation is 1. The second-order valence-corrected chi connectivity index (χ2v) is 9.50. The van der Waals surface area contributed by atoms with Crippen LogP contribution in [0.4, 0.5) is 0 Å². The topological polar surface area (TPSA) is 57.7 Å². The maximum absolute atomic E-state index is 13.0. The lowest BCUT2D eigenvalue weighted by molar-refractivity contribution is -0.138. The van der Waals surface area contributed by atoms with Gasteiger partial charge in [0.15, 0.2) is 0 Å². The number of carbonyl (C=O) groups excluding carboxylic acids is 1. The Labute approximate surface area is 151 Å². The van der Waals surface area contributed by atoms with Gasteiger partial charge in [0.2, 0.25) is 15.9 Å². The molecule has 0 aromatic heterocycles. The van der Waals surface area contributed by atoms with E-state index in [9.17, 15) is 13.2 Å². The van der Waals surface area contributed by atoms with Crippen LogP contribution in [0.3, 0.4) is 0 Å². The van der Waals surface area contributed by atoms with Gasteiger partial charge >= 0.3 is 0 Å². The van der Waals surface area contributed by atoms with Gasteiger partial charge in [-0.25, -0.2) is 12.7 Å². The number of likely N-dealkylation sites (tertiary alicyclic amines) is 1. The van der Waals surface area contributed by atoms with Crippen LogP contribution in [-0.4, -0.2) is 49.7 Å². The van der Waals surface area contributed by atoms with E-state index in [2.05, 4.69) is 0 Å². The number of hydrogen-bond acceptors (Lipinski definition) is 3. The zero-order valence-corrected chi connectivity index (χ0v) is 16.0. The molecule has 0 N–H and O–H groups in total. The standard InChI is InChI=1S/C19H28N2O3S/c1-3-20-14-19(11-9-18(20)22)10-6-12-21(15-19)25(23,24)13-17-8-5-4-7-16(17)2/h4-5,7-8H,3,6,9-15H2,1-2H3. The summed E-state index contributed by atoms with van der Waals surface area (Å²) in [6.45, 7) is 6.48. The molecular formula is C19H28N2O3S. The van der Waals surface area contributed by atoms with Crippen LogP contribution in [0.1, 0.15) is 43.7 Å². The Morgan fingerprint density at radius 3 is 2.64 bits per heavy atom. The van der Waals surface area contributed by atoms with Crippen LogP contribution >= 0.6 is 0 Å². The van der Waals surface area contributed by atoms with Crippen molar-refractivity contribution in [1.29, 1.82) is 0 Å². The van der Waals surface area contributed by atoms with Crippen molar-refractivity contribution in [3.05, 3.63) is 35.4 Å². The molecule has 2 heterocycles. The number of nitrogens with zero attached hydrogens (tertiary/aromatic N) is 2. The third kappa shape index (κ3) is 3.90. The molecule has 1 aromatic rings. The zero-order valence-electron chi connectivity index (χ0n) is 15.2. The Balaban J connectivity index is 1.76. The molecule has 0 bridgehead atoms. The van der Waals surface area contributed by atoms with Crippen LogP contribution in [0.15, 0.2) is 24.3 Å². The molecule has 0 saturated carbocycles. The molecule has 138 valence electrons. The van der Waals surface area contributed by atoms with E-state index in [0.717, 1.165) is 30.4 Å². The third-order valence-corrected chi connectivity index (χ3v) is 7.52. The lowest BCUT2D eigenvalue weighted by Crippen LogP contribution is -2.55. The molecule has 1 unspecified atom stereocenters. The highest BCUT2D eigenvalue weighted by molar-refractivity contribution is 7.88.